The number of likely N-dealkylation sites (tertiary alicyclic amines) is 1. The summed E-state index contributed by atoms with van der Waals surface area (Å²) >= 11 is 0. The van der Waals surface area contributed by atoms with Crippen LogP contribution in [-0.2, 0) is 0 Å². The van der Waals surface area contributed by atoms with E-state index in [2.05, 4.69) is 21.8 Å². The molecule has 0 N–H and O–H groups in total. The van der Waals surface area contributed by atoms with E-state index in [-0.39, 0.29) is 5.91 Å². The van der Waals surface area contributed by atoms with Gasteiger partial charge in [-0.2, -0.15) is 0 Å². The van der Waals surface area contributed by atoms with Crippen LogP contribution in [0.5, 0.6) is 0 Å². The monoisotopic (exact) mass is 316 g/mol. The van der Waals surface area contributed by atoms with E-state index in [4.69, 9.17) is 0 Å². The molecule has 0 saturated carbocycles. The number of rotatable bonds is 3. The molecule has 0 aromatic carbocycles. The molecule has 1 aromatic heterocycles. The Morgan fingerprint density at radius 3 is 2.43 bits per heavy atom. The molecule has 23 heavy (non-hydrogen) atoms. The van der Waals surface area contributed by atoms with Crippen molar-refractivity contribution < 1.29 is 4.79 Å². The first-order valence-electron chi connectivity index (χ1n) is 8.74. The number of nitrogens with zero attached hydrogens (tertiary/aromatic N) is 4. The van der Waals surface area contributed by atoms with Crippen molar-refractivity contribution in [2.75, 3.05) is 52.9 Å². The molecule has 2 fully saturated rings. The Morgan fingerprint density at radius 2 is 1.83 bits per heavy atom. The van der Waals surface area contributed by atoms with Gasteiger partial charge in [0, 0.05) is 52.0 Å². The summed E-state index contributed by atoms with van der Waals surface area (Å²) in [4.78, 5) is 23.7. The van der Waals surface area contributed by atoms with Crippen LogP contribution in [0.4, 0.5) is 0 Å². The summed E-state index contributed by atoms with van der Waals surface area (Å²) in [5.41, 5.74) is 1.67. The van der Waals surface area contributed by atoms with Gasteiger partial charge in [-0.1, -0.05) is 6.07 Å². The highest BCUT2D eigenvalue weighted by molar-refractivity contribution is 5.92. The van der Waals surface area contributed by atoms with Gasteiger partial charge in [0.2, 0.25) is 0 Å². The zero-order valence-electron chi connectivity index (χ0n) is 14.4. The lowest BCUT2D eigenvalue weighted by molar-refractivity contribution is 0.0638. The molecule has 1 aromatic rings. The molecule has 0 bridgehead atoms. The maximum Gasteiger partial charge on any atom is 0.272 e. The number of piperidine rings is 1. The zero-order valence-corrected chi connectivity index (χ0v) is 14.4. The first kappa shape index (κ1) is 16.4. The van der Waals surface area contributed by atoms with Gasteiger partial charge in [0.05, 0.1) is 0 Å². The molecule has 0 unspecified atom stereocenters. The Bertz CT molecular complexity index is 514. The van der Waals surface area contributed by atoms with E-state index in [9.17, 15) is 4.79 Å². The molecular formula is C18H28N4O. The Labute approximate surface area is 139 Å². The van der Waals surface area contributed by atoms with Crippen LogP contribution >= 0.6 is 0 Å². The standard InChI is InChI=1S/C18H28N4O/c1-15-3-4-17(19-13-15)18(23)22-7-5-16(6-8-22)14-21-11-9-20(2)10-12-21/h3-4,13,16H,5-12,14H2,1-2H3. The number of piperazine rings is 1. The lowest BCUT2D eigenvalue weighted by atomic mass is 9.95. The number of aromatic nitrogens is 1. The molecule has 126 valence electrons. The highest BCUT2D eigenvalue weighted by atomic mass is 16.2. The Hall–Kier alpha value is -1.46. The fourth-order valence-electron chi connectivity index (χ4n) is 3.47. The number of carbonyl (C=O) groups is 1. The molecule has 2 aliphatic heterocycles. The molecule has 5 heteroatoms. The van der Waals surface area contributed by atoms with E-state index >= 15 is 0 Å². The predicted molar refractivity (Wildman–Crippen MR) is 91.5 cm³/mol. The van der Waals surface area contributed by atoms with Crippen LogP contribution in [0.2, 0.25) is 0 Å². The third-order valence-electron chi connectivity index (χ3n) is 5.14. The molecule has 3 heterocycles. The van der Waals surface area contributed by atoms with E-state index in [0.29, 0.717) is 5.69 Å². The summed E-state index contributed by atoms with van der Waals surface area (Å²) in [6, 6.07) is 3.80. The highest BCUT2D eigenvalue weighted by Crippen LogP contribution is 2.20. The highest BCUT2D eigenvalue weighted by Gasteiger charge is 2.26. The lowest BCUT2D eigenvalue weighted by Gasteiger charge is -2.37. The van der Waals surface area contributed by atoms with Crippen LogP contribution in [-0.4, -0.2) is 78.5 Å². The van der Waals surface area contributed by atoms with Crippen molar-refractivity contribution in [3.05, 3.63) is 29.6 Å². The first-order valence-corrected chi connectivity index (χ1v) is 8.74. The number of aryl methyl sites for hydroxylation is 1. The molecule has 5 nitrogen and oxygen atoms in total. The number of pyridine rings is 1. The summed E-state index contributed by atoms with van der Waals surface area (Å²) in [6.45, 7) is 9.64. The maximum atomic E-state index is 12.5. The van der Waals surface area contributed by atoms with Crippen LogP contribution in [0.15, 0.2) is 18.3 Å². The van der Waals surface area contributed by atoms with Crippen molar-refractivity contribution in [3.8, 4) is 0 Å². The normalized spacial score (nSPS) is 21.6. The van der Waals surface area contributed by atoms with E-state index in [1.54, 1.807) is 6.20 Å². The van der Waals surface area contributed by atoms with Crippen molar-refractivity contribution >= 4 is 5.91 Å². The third kappa shape index (κ3) is 4.30. The van der Waals surface area contributed by atoms with Crippen molar-refractivity contribution in [1.29, 1.82) is 0 Å². The van der Waals surface area contributed by atoms with Crippen molar-refractivity contribution in [2.45, 2.75) is 19.8 Å². The van der Waals surface area contributed by atoms with Gasteiger partial charge in [-0.3, -0.25) is 9.78 Å². The van der Waals surface area contributed by atoms with Gasteiger partial charge in [0.15, 0.2) is 0 Å². The second kappa shape index (κ2) is 7.41. The Balaban J connectivity index is 1.46. The Morgan fingerprint density at radius 1 is 1.13 bits per heavy atom. The summed E-state index contributed by atoms with van der Waals surface area (Å²) in [6.07, 6.45) is 4.00. The van der Waals surface area contributed by atoms with Crippen LogP contribution in [0.3, 0.4) is 0 Å². The largest absolute Gasteiger partial charge is 0.337 e. The van der Waals surface area contributed by atoms with Gasteiger partial charge in [0.25, 0.3) is 5.91 Å². The molecule has 0 atom stereocenters. The number of likely N-dealkylation sites (N-methyl/N-ethyl adjacent to an activating group) is 1. The van der Waals surface area contributed by atoms with Crippen molar-refractivity contribution in [3.63, 3.8) is 0 Å². The predicted octanol–water partition coefficient (Wildman–Crippen LogP) is 1.49. The molecule has 0 spiro atoms. The molecule has 2 saturated heterocycles. The second-order valence-electron chi connectivity index (χ2n) is 7.06. The number of hydrogen-bond acceptors (Lipinski definition) is 4. The second-order valence-corrected chi connectivity index (χ2v) is 7.06. The average Bonchev–Trinajstić information content (AvgIpc) is 2.58. The third-order valence-corrected chi connectivity index (χ3v) is 5.14. The van der Waals surface area contributed by atoms with Gasteiger partial charge in [-0.15, -0.1) is 0 Å². The van der Waals surface area contributed by atoms with Crippen molar-refractivity contribution in [2.24, 2.45) is 5.92 Å². The fourth-order valence-corrected chi connectivity index (χ4v) is 3.47. The first-order chi connectivity index (χ1) is 11.1. The van der Waals surface area contributed by atoms with Crippen LogP contribution < -0.4 is 0 Å². The Kier molecular flexibility index (Phi) is 5.28. The van der Waals surface area contributed by atoms with Gasteiger partial charge in [0.1, 0.15) is 5.69 Å². The van der Waals surface area contributed by atoms with E-state index < -0.39 is 0 Å². The van der Waals surface area contributed by atoms with Gasteiger partial charge in [-0.05, 0) is 44.4 Å². The maximum absolute atomic E-state index is 12.5. The summed E-state index contributed by atoms with van der Waals surface area (Å²) in [5, 5.41) is 0. The molecule has 0 radical (unpaired) electrons. The molecule has 3 rings (SSSR count). The van der Waals surface area contributed by atoms with Crippen LogP contribution in [0.1, 0.15) is 28.9 Å². The van der Waals surface area contributed by atoms with Crippen LogP contribution in [0, 0.1) is 12.8 Å². The summed E-state index contributed by atoms with van der Waals surface area (Å²) < 4.78 is 0. The van der Waals surface area contributed by atoms with Crippen LogP contribution in [0.25, 0.3) is 0 Å². The molecule has 1 amide bonds. The zero-order chi connectivity index (χ0) is 16.2. The quantitative estimate of drug-likeness (QED) is 0.847. The number of carbonyl (C=O) groups excluding carboxylic acids is 1. The topological polar surface area (TPSA) is 39.7 Å². The molecular weight excluding hydrogens is 288 g/mol. The summed E-state index contributed by atoms with van der Waals surface area (Å²) in [5.74, 6) is 0.816. The molecule has 2 aliphatic rings. The van der Waals surface area contributed by atoms with Gasteiger partial charge >= 0.3 is 0 Å². The minimum absolute atomic E-state index is 0.0862. The SMILES string of the molecule is Cc1ccc(C(=O)N2CCC(CN3CCN(C)CC3)CC2)nc1. The van der Waals surface area contributed by atoms with E-state index in [1.165, 1.54) is 32.7 Å². The van der Waals surface area contributed by atoms with E-state index in [0.717, 1.165) is 37.4 Å². The number of amides is 1. The number of hydrogen-bond donors (Lipinski definition) is 0. The minimum atomic E-state index is 0.0862. The minimum Gasteiger partial charge on any atom is -0.337 e. The van der Waals surface area contributed by atoms with E-state index in [1.807, 2.05) is 24.0 Å². The average molecular weight is 316 g/mol. The fraction of sp³-hybridized carbons (Fsp3) is 0.667. The summed E-state index contributed by atoms with van der Waals surface area (Å²) in [7, 11) is 2.19. The van der Waals surface area contributed by atoms with Gasteiger partial charge in [-0.25, -0.2) is 0 Å². The smallest absolute Gasteiger partial charge is 0.272 e. The van der Waals surface area contributed by atoms with Gasteiger partial charge < -0.3 is 14.7 Å². The lowest BCUT2D eigenvalue weighted by Crippen LogP contribution is -2.48. The molecule has 0 aliphatic carbocycles. The van der Waals surface area contributed by atoms with Crippen molar-refractivity contribution in [1.82, 2.24) is 19.7 Å².